The number of thioether (sulfide) groups is 1. The van der Waals surface area contributed by atoms with Crippen molar-refractivity contribution in [2.24, 2.45) is 0 Å². The number of piperazine rings is 1. The maximum Gasteiger partial charge on any atom is 0.253 e. The van der Waals surface area contributed by atoms with Gasteiger partial charge in [-0.25, -0.2) is 0 Å². The Balaban J connectivity index is 1.56. The van der Waals surface area contributed by atoms with Crippen LogP contribution < -0.4 is 5.32 Å². The van der Waals surface area contributed by atoms with Gasteiger partial charge in [0.25, 0.3) is 5.91 Å². The number of hydrogen-bond donors (Lipinski definition) is 1. The first-order chi connectivity index (χ1) is 14.5. The van der Waals surface area contributed by atoms with Crippen LogP contribution in [0, 0.1) is 0 Å². The molecule has 2 amide bonds. The molecule has 1 fully saturated rings. The summed E-state index contributed by atoms with van der Waals surface area (Å²) in [5, 5.41) is 4.13. The summed E-state index contributed by atoms with van der Waals surface area (Å²) in [6.07, 6.45) is 0. The second-order valence-corrected chi connectivity index (χ2v) is 8.95. The number of benzene rings is 2. The van der Waals surface area contributed by atoms with Crippen LogP contribution in [0.3, 0.4) is 0 Å². The van der Waals surface area contributed by atoms with Gasteiger partial charge in [0.2, 0.25) is 5.91 Å². The van der Waals surface area contributed by atoms with Gasteiger partial charge in [-0.05, 0) is 42.8 Å². The van der Waals surface area contributed by atoms with E-state index in [1.165, 1.54) is 0 Å². The maximum atomic E-state index is 12.9. The molecule has 1 N–H and O–H groups in total. The van der Waals surface area contributed by atoms with Crippen molar-refractivity contribution in [3.05, 3.63) is 63.6 Å². The minimum Gasteiger partial charge on any atom is -0.355 e. The van der Waals surface area contributed by atoms with Gasteiger partial charge in [0.05, 0.1) is 11.6 Å². The van der Waals surface area contributed by atoms with Crippen molar-refractivity contribution in [1.82, 2.24) is 15.1 Å². The normalized spacial score (nSPS) is 14.6. The number of carbonyl (C=O) groups excluding carboxylic acids is 2. The Morgan fingerprint density at radius 1 is 1.07 bits per heavy atom. The van der Waals surface area contributed by atoms with Crippen molar-refractivity contribution in [3.8, 4) is 0 Å². The Morgan fingerprint density at radius 2 is 1.83 bits per heavy atom. The van der Waals surface area contributed by atoms with E-state index in [-0.39, 0.29) is 11.8 Å². The highest BCUT2D eigenvalue weighted by Crippen LogP contribution is 2.32. The van der Waals surface area contributed by atoms with Crippen LogP contribution in [0.2, 0.25) is 10.0 Å². The van der Waals surface area contributed by atoms with Crippen LogP contribution in [0.4, 0.5) is 0 Å². The van der Waals surface area contributed by atoms with E-state index in [0.717, 1.165) is 10.5 Å². The van der Waals surface area contributed by atoms with Crippen LogP contribution >= 0.6 is 35.0 Å². The Morgan fingerprint density at radius 3 is 2.57 bits per heavy atom. The van der Waals surface area contributed by atoms with Gasteiger partial charge >= 0.3 is 0 Å². The highest BCUT2D eigenvalue weighted by atomic mass is 35.5. The minimum absolute atomic E-state index is 0.0281. The number of nitrogens with zero attached hydrogens (tertiary/aromatic N) is 2. The van der Waals surface area contributed by atoms with Crippen molar-refractivity contribution in [2.45, 2.75) is 17.6 Å². The number of likely N-dealkylation sites (N-methyl/N-ethyl adjacent to an activating group) is 1. The topological polar surface area (TPSA) is 52.7 Å². The van der Waals surface area contributed by atoms with Crippen LogP contribution in [0.15, 0.2) is 47.4 Å². The molecule has 0 aliphatic carbocycles. The van der Waals surface area contributed by atoms with Gasteiger partial charge < -0.3 is 10.2 Å². The second kappa shape index (κ2) is 11.0. The first-order valence-corrected chi connectivity index (χ1v) is 11.7. The van der Waals surface area contributed by atoms with Gasteiger partial charge in [0.15, 0.2) is 0 Å². The summed E-state index contributed by atoms with van der Waals surface area (Å²) >= 11 is 13.9. The van der Waals surface area contributed by atoms with Gasteiger partial charge in [0.1, 0.15) is 0 Å². The van der Waals surface area contributed by atoms with Crippen molar-refractivity contribution in [3.63, 3.8) is 0 Å². The van der Waals surface area contributed by atoms with E-state index in [2.05, 4.69) is 10.2 Å². The molecule has 1 aliphatic rings. The fourth-order valence-electron chi connectivity index (χ4n) is 3.29. The molecule has 2 aromatic rings. The lowest BCUT2D eigenvalue weighted by atomic mass is 10.1. The molecule has 30 heavy (non-hydrogen) atoms. The number of halogens is 2. The average Bonchev–Trinajstić information content (AvgIpc) is 2.75. The Hall–Kier alpha value is -1.73. The first-order valence-electron chi connectivity index (χ1n) is 9.91. The molecule has 1 heterocycles. The Kier molecular flexibility index (Phi) is 8.45. The summed E-state index contributed by atoms with van der Waals surface area (Å²) in [4.78, 5) is 29.5. The third-order valence-electron chi connectivity index (χ3n) is 4.86. The number of rotatable bonds is 7. The van der Waals surface area contributed by atoms with E-state index in [9.17, 15) is 9.59 Å². The third kappa shape index (κ3) is 6.38. The summed E-state index contributed by atoms with van der Waals surface area (Å²) < 4.78 is 0. The van der Waals surface area contributed by atoms with E-state index < -0.39 is 0 Å². The molecule has 0 spiro atoms. The van der Waals surface area contributed by atoms with Gasteiger partial charge in [-0.3, -0.25) is 14.5 Å². The Bertz CT molecular complexity index is 902. The number of hydrogen-bond acceptors (Lipinski definition) is 4. The summed E-state index contributed by atoms with van der Waals surface area (Å²) in [5.74, 6) is 0.754. The molecule has 5 nitrogen and oxygen atoms in total. The molecule has 0 aromatic heterocycles. The predicted molar refractivity (Wildman–Crippen MR) is 123 cm³/mol. The zero-order valence-electron chi connectivity index (χ0n) is 16.9. The number of amides is 2. The number of nitrogens with one attached hydrogen (secondary N) is 1. The fraction of sp³-hybridized carbons (Fsp3) is 0.364. The molecule has 1 aliphatic heterocycles. The largest absolute Gasteiger partial charge is 0.355 e. The molecule has 2 aromatic carbocycles. The highest BCUT2D eigenvalue weighted by Gasteiger charge is 2.23. The van der Waals surface area contributed by atoms with Crippen molar-refractivity contribution in [2.75, 3.05) is 39.3 Å². The predicted octanol–water partition coefficient (Wildman–Crippen LogP) is 4.18. The average molecular weight is 466 g/mol. The monoisotopic (exact) mass is 465 g/mol. The summed E-state index contributed by atoms with van der Waals surface area (Å²) in [6.45, 7) is 5.57. The van der Waals surface area contributed by atoms with Gasteiger partial charge in [0, 0.05) is 54.0 Å². The summed E-state index contributed by atoms with van der Waals surface area (Å²) in [5.41, 5.74) is 1.74. The van der Waals surface area contributed by atoms with E-state index >= 15 is 0 Å². The van der Waals surface area contributed by atoms with Gasteiger partial charge in [-0.1, -0.05) is 35.3 Å². The molecule has 160 valence electrons. The van der Waals surface area contributed by atoms with Crippen LogP contribution in [0.25, 0.3) is 0 Å². The Labute approximate surface area is 191 Å². The van der Waals surface area contributed by atoms with Gasteiger partial charge in [-0.2, -0.15) is 0 Å². The van der Waals surface area contributed by atoms with Crippen LogP contribution in [-0.2, 0) is 10.5 Å². The first kappa shape index (κ1) is 22.9. The minimum atomic E-state index is 0.0281. The molecule has 0 saturated carbocycles. The van der Waals surface area contributed by atoms with Crippen LogP contribution in [0.5, 0.6) is 0 Å². The molecule has 0 atom stereocenters. The number of carbonyl (C=O) groups is 2. The van der Waals surface area contributed by atoms with E-state index in [0.29, 0.717) is 60.6 Å². The summed E-state index contributed by atoms with van der Waals surface area (Å²) in [7, 11) is 0. The lowest BCUT2D eigenvalue weighted by Crippen LogP contribution is -2.51. The van der Waals surface area contributed by atoms with Crippen molar-refractivity contribution < 1.29 is 9.59 Å². The fourth-order valence-corrected chi connectivity index (χ4v) is 4.73. The molecule has 3 rings (SSSR count). The zero-order valence-corrected chi connectivity index (χ0v) is 19.2. The molecule has 0 radical (unpaired) electrons. The quantitative estimate of drug-likeness (QED) is 0.623. The van der Waals surface area contributed by atoms with E-state index in [4.69, 9.17) is 23.2 Å². The molecule has 0 unspecified atom stereocenters. The van der Waals surface area contributed by atoms with Crippen LogP contribution in [-0.4, -0.2) is 60.9 Å². The third-order valence-corrected chi connectivity index (χ3v) is 6.67. The SMILES string of the molecule is CCNC(=O)CN1CCN(C(=O)c2cccc(CSc3cc(Cl)ccc3Cl)c2)CC1. The van der Waals surface area contributed by atoms with Crippen molar-refractivity contribution in [1.29, 1.82) is 0 Å². The van der Waals surface area contributed by atoms with Gasteiger partial charge in [-0.15, -0.1) is 11.8 Å². The molecular weight excluding hydrogens is 441 g/mol. The van der Waals surface area contributed by atoms with Crippen molar-refractivity contribution >= 4 is 46.8 Å². The molecule has 0 bridgehead atoms. The van der Waals surface area contributed by atoms with Crippen LogP contribution in [0.1, 0.15) is 22.8 Å². The lowest BCUT2D eigenvalue weighted by Gasteiger charge is -2.34. The maximum absolute atomic E-state index is 12.9. The smallest absolute Gasteiger partial charge is 0.253 e. The van der Waals surface area contributed by atoms with E-state index in [1.54, 1.807) is 23.9 Å². The van der Waals surface area contributed by atoms with E-state index in [1.807, 2.05) is 42.2 Å². The zero-order chi connectivity index (χ0) is 21.5. The highest BCUT2D eigenvalue weighted by molar-refractivity contribution is 7.98. The molecule has 1 saturated heterocycles. The molecule has 8 heteroatoms. The standard InChI is InChI=1S/C22H25Cl2N3O2S/c1-2-25-21(28)14-26-8-10-27(11-9-26)22(29)17-5-3-4-16(12-17)15-30-20-13-18(23)6-7-19(20)24/h3-7,12-13H,2,8-11,14-15H2,1H3,(H,25,28). The molecular formula is C22H25Cl2N3O2S. The summed E-state index contributed by atoms with van der Waals surface area (Å²) in [6, 6.07) is 13.1. The second-order valence-electron chi connectivity index (χ2n) is 7.09. The lowest BCUT2D eigenvalue weighted by molar-refractivity contribution is -0.122.